The fourth-order valence-electron chi connectivity index (χ4n) is 2.11. The number of carbonyl (C=O) groups is 1. The molecule has 1 fully saturated rings. The van der Waals surface area contributed by atoms with Gasteiger partial charge in [0.1, 0.15) is 0 Å². The van der Waals surface area contributed by atoms with Gasteiger partial charge < -0.3 is 14.6 Å². The first-order valence-corrected chi connectivity index (χ1v) is 5.51. The van der Waals surface area contributed by atoms with E-state index < -0.39 is 11.9 Å². The standard InChI is InChI=1S/C11H20O4/c1-4-5-8-6-9(11(12)13)10(15-8)7(2)14-3/h7-10H,4-6H2,1-3H3,(H,12,13). The Kier molecular flexibility index (Phi) is 4.54. The second-order valence-electron chi connectivity index (χ2n) is 4.13. The lowest BCUT2D eigenvalue weighted by Crippen LogP contribution is -2.34. The van der Waals surface area contributed by atoms with E-state index in [2.05, 4.69) is 6.92 Å². The van der Waals surface area contributed by atoms with Crippen LogP contribution in [0.2, 0.25) is 0 Å². The van der Waals surface area contributed by atoms with Crippen molar-refractivity contribution in [1.29, 1.82) is 0 Å². The molecule has 88 valence electrons. The lowest BCUT2D eigenvalue weighted by Gasteiger charge is -2.21. The van der Waals surface area contributed by atoms with E-state index in [0.29, 0.717) is 6.42 Å². The SMILES string of the molecule is CCCC1CC(C(=O)O)C(C(C)OC)O1. The zero-order valence-electron chi connectivity index (χ0n) is 9.60. The van der Waals surface area contributed by atoms with E-state index in [4.69, 9.17) is 14.6 Å². The molecule has 0 radical (unpaired) electrons. The van der Waals surface area contributed by atoms with Crippen molar-refractivity contribution >= 4 is 5.97 Å². The second kappa shape index (κ2) is 5.47. The first kappa shape index (κ1) is 12.5. The molecule has 1 aliphatic rings. The summed E-state index contributed by atoms with van der Waals surface area (Å²) < 4.78 is 10.9. The Bertz CT molecular complexity index is 217. The Morgan fingerprint density at radius 2 is 2.33 bits per heavy atom. The molecule has 1 aliphatic heterocycles. The van der Waals surface area contributed by atoms with E-state index in [1.807, 2.05) is 6.92 Å². The quantitative estimate of drug-likeness (QED) is 0.759. The first-order valence-electron chi connectivity index (χ1n) is 5.51. The predicted molar refractivity (Wildman–Crippen MR) is 55.8 cm³/mol. The van der Waals surface area contributed by atoms with Crippen LogP contribution in [0.25, 0.3) is 0 Å². The molecule has 4 atom stereocenters. The van der Waals surface area contributed by atoms with Gasteiger partial charge in [-0.25, -0.2) is 0 Å². The van der Waals surface area contributed by atoms with Crippen LogP contribution in [0.15, 0.2) is 0 Å². The van der Waals surface area contributed by atoms with Crippen molar-refractivity contribution in [2.24, 2.45) is 5.92 Å². The van der Waals surface area contributed by atoms with Crippen LogP contribution < -0.4 is 0 Å². The molecule has 0 amide bonds. The van der Waals surface area contributed by atoms with Gasteiger partial charge in [0.2, 0.25) is 0 Å². The van der Waals surface area contributed by atoms with Gasteiger partial charge >= 0.3 is 5.97 Å². The largest absolute Gasteiger partial charge is 0.481 e. The number of carboxylic acid groups (broad SMARTS) is 1. The van der Waals surface area contributed by atoms with E-state index in [0.717, 1.165) is 12.8 Å². The van der Waals surface area contributed by atoms with E-state index in [1.54, 1.807) is 7.11 Å². The van der Waals surface area contributed by atoms with Crippen LogP contribution in [-0.4, -0.2) is 36.5 Å². The van der Waals surface area contributed by atoms with E-state index in [9.17, 15) is 4.79 Å². The Labute approximate surface area is 90.6 Å². The van der Waals surface area contributed by atoms with Crippen molar-refractivity contribution in [2.45, 2.75) is 51.4 Å². The molecule has 0 spiro atoms. The summed E-state index contributed by atoms with van der Waals surface area (Å²) in [7, 11) is 1.58. The van der Waals surface area contributed by atoms with Gasteiger partial charge in [-0.3, -0.25) is 4.79 Å². The first-order chi connectivity index (χ1) is 7.10. The Morgan fingerprint density at radius 1 is 1.67 bits per heavy atom. The van der Waals surface area contributed by atoms with Gasteiger partial charge in [-0.15, -0.1) is 0 Å². The highest BCUT2D eigenvalue weighted by molar-refractivity contribution is 5.71. The van der Waals surface area contributed by atoms with Gasteiger partial charge in [0, 0.05) is 7.11 Å². The summed E-state index contributed by atoms with van der Waals surface area (Å²) in [6.07, 6.45) is 2.18. The highest BCUT2D eigenvalue weighted by Gasteiger charge is 2.42. The molecule has 0 aromatic carbocycles. The zero-order valence-corrected chi connectivity index (χ0v) is 9.60. The van der Waals surface area contributed by atoms with E-state index >= 15 is 0 Å². The molecule has 4 nitrogen and oxygen atoms in total. The number of carboxylic acids is 1. The minimum Gasteiger partial charge on any atom is -0.481 e. The van der Waals surface area contributed by atoms with Crippen molar-refractivity contribution in [1.82, 2.24) is 0 Å². The Hall–Kier alpha value is -0.610. The fraction of sp³-hybridized carbons (Fsp3) is 0.909. The maximum atomic E-state index is 11.0. The van der Waals surface area contributed by atoms with Gasteiger partial charge in [0.25, 0.3) is 0 Å². The van der Waals surface area contributed by atoms with Crippen LogP contribution in [-0.2, 0) is 14.3 Å². The number of methoxy groups -OCH3 is 1. The molecule has 1 saturated heterocycles. The average Bonchev–Trinajstić information content (AvgIpc) is 2.61. The number of ether oxygens (including phenoxy) is 2. The molecule has 0 saturated carbocycles. The molecular formula is C11H20O4. The van der Waals surface area contributed by atoms with Crippen molar-refractivity contribution in [3.05, 3.63) is 0 Å². The minimum absolute atomic E-state index is 0.0821. The minimum atomic E-state index is -0.775. The normalized spacial score (nSPS) is 32.9. The number of rotatable bonds is 5. The van der Waals surface area contributed by atoms with Crippen molar-refractivity contribution in [3.63, 3.8) is 0 Å². The summed E-state index contributed by atoms with van der Waals surface area (Å²) in [5.74, 6) is -1.20. The van der Waals surface area contributed by atoms with Crippen molar-refractivity contribution in [3.8, 4) is 0 Å². The summed E-state index contributed by atoms with van der Waals surface area (Å²) in [6, 6.07) is 0. The van der Waals surface area contributed by atoms with Crippen LogP contribution in [0.3, 0.4) is 0 Å². The van der Waals surface area contributed by atoms with Crippen molar-refractivity contribution in [2.75, 3.05) is 7.11 Å². The third-order valence-electron chi connectivity index (χ3n) is 3.03. The maximum absolute atomic E-state index is 11.0. The summed E-state index contributed by atoms with van der Waals surface area (Å²) in [5.41, 5.74) is 0. The van der Waals surface area contributed by atoms with Gasteiger partial charge in [-0.2, -0.15) is 0 Å². The monoisotopic (exact) mass is 216 g/mol. The van der Waals surface area contributed by atoms with Crippen LogP contribution in [0.4, 0.5) is 0 Å². The molecule has 1 heterocycles. The lowest BCUT2D eigenvalue weighted by atomic mass is 9.95. The van der Waals surface area contributed by atoms with Gasteiger partial charge in [0.05, 0.1) is 24.2 Å². The number of hydrogen-bond donors (Lipinski definition) is 1. The number of aliphatic carboxylic acids is 1. The molecule has 4 heteroatoms. The fourth-order valence-corrected chi connectivity index (χ4v) is 2.11. The zero-order chi connectivity index (χ0) is 11.4. The molecule has 0 aromatic heterocycles. The Morgan fingerprint density at radius 3 is 2.80 bits per heavy atom. The van der Waals surface area contributed by atoms with Crippen molar-refractivity contribution < 1.29 is 19.4 Å². The third-order valence-corrected chi connectivity index (χ3v) is 3.03. The molecular weight excluding hydrogens is 196 g/mol. The molecule has 0 aromatic rings. The second-order valence-corrected chi connectivity index (χ2v) is 4.13. The summed E-state index contributed by atoms with van der Waals surface area (Å²) in [4.78, 5) is 11.0. The van der Waals surface area contributed by atoms with Crippen LogP contribution in [0.5, 0.6) is 0 Å². The smallest absolute Gasteiger partial charge is 0.309 e. The molecule has 1 N–H and O–H groups in total. The molecule has 0 bridgehead atoms. The predicted octanol–water partition coefficient (Wildman–Crippen LogP) is 1.68. The summed E-state index contributed by atoms with van der Waals surface area (Å²) in [5, 5.41) is 9.08. The number of hydrogen-bond acceptors (Lipinski definition) is 3. The lowest BCUT2D eigenvalue weighted by molar-refractivity contribution is -0.146. The Balaban J connectivity index is 2.63. The average molecular weight is 216 g/mol. The van der Waals surface area contributed by atoms with E-state index in [-0.39, 0.29) is 18.3 Å². The maximum Gasteiger partial charge on any atom is 0.309 e. The third kappa shape index (κ3) is 2.92. The van der Waals surface area contributed by atoms with Crippen LogP contribution in [0.1, 0.15) is 33.1 Å². The highest BCUT2D eigenvalue weighted by Crippen LogP contribution is 2.31. The molecule has 1 rings (SSSR count). The molecule has 4 unspecified atom stereocenters. The molecule has 15 heavy (non-hydrogen) atoms. The van der Waals surface area contributed by atoms with Gasteiger partial charge in [-0.05, 0) is 19.8 Å². The summed E-state index contributed by atoms with van der Waals surface area (Å²) >= 11 is 0. The van der Waals surface area contributed by atoms with Gasteiger partial charge in [-0.1, -0.05) is 13.3 Å². The highest BCUT2D eigenvalue weighted by atomic mass is 16.5. The van der Waals surface area contributed by atoms with Gasteiger partial charge in [0.15, 0.2) is 0 Å². The van der Waals surface area contributed by atoms with E-state index in [1.165, 1.54) is 0 Å². The topological polar surface area (TPSA) is 55.8 Å². The van der Waals surface area contributed by atoms with Crippen LogP contribution >= 0.6 is 0 Å². The summed E-state index contributed by atoms with van der Waals surface area (Å²) in [6.45, 7) is 3.93. The molecule has 0 aliphatic carbocycles. The van der Waals surface area contributed by atoms with Crippen LogP contribution in [0, 0.1) is 5.92 Å².